The SMILES string of the molecule is CCCCc1cnc(-c2cnc(N3CCC(C(=O)[O-])CC3)c(Cl)c2)o1. The number of nitrogens with zero attached hydrogens (tertiary/aromatic N) is 3. The molecule has 1 saturated heterocycles. The van der Waals surface area contributed by atoms with Crippen molar-refractivity contribution in [1.29, 1.82) is 0 Å². The van der Waals surface area contributed by atoms with Crippen LogP contribution in [0.4, 0.5) is 5.82 Å². The number of carbonyl (C=O) groups excluding carboxylic acids is 1. The number of hydrogen-bond donors (Lipinski definition) is 0. The maximum atomic E-state index is 10.9. The number of pyridine rings is 1. The number of aromatic nitrogens is 2. The molecule has 0 aromatic carbocycles. The molecule has 0 spiro atoms. The van der Waals surface area contributed by atoms with E-state index in [1.54, 1.807) is 18.5 Å². The summed E-state index contributed by atoms with van der Waals surface area (Å²) in [6.07, 6.45) is 7.57. The smallest absolute Gasteiger partial charge is 0.227 e. The Labute approximate surface area is 151 Å². The highest BCUT2D eigenvalue weighted by Crippen LogP contribution is 2.31. The van der Waals surface area contributed by atoms with Gasteiger partial charge in [0, 0.05) is 37.6 Å². The van der Waals surface area contributed by atoms with Crippen molar-refractivity contribution in [3.05, 3.63) is 29.2 Å². The molecule has 0 radical (unpaired) electrons. The van der Waals surface area contributed by atoms with Gasteiger partial charge in [-0.15, -0.1) is 0 Å². The first-order chi connectivity index (χ1) is 12.1. The van der Waals surface area contributed by atoms with Crippen LogP contribution in [0.2, 0.25) is 5.02 Å². The van der Waals surface area contributed by atoms with Gasteiger partial charge >= 0.3 is 0 Å². The summed E-state index contributed by atoms with van der Waals surface area (Å²) in [6.45, 7) is 3.34. The number of anilines is 1. The number of carbonyl (C=O) groups is 1. The molecule has 2 aromatic heterocycles. The average molecular weight is 363 g/mol. The van der Waals surface area contributed by atoms with E-state index in [9.17, 15) is 9.90 Å². The Balaban J connectivity index is 1.71. The van der Waals surface area contributed by atoms with E-state index in [-0.39, 0.29) is 5.92 Å². The van der Waals surface area contributed by atoms with Crippen LogP contribution >= 0.6 is 11.6 Å². The number of oxazole rings is 1. The number of halogens is 1. The normalized spacial score (nSPS) is 15.5. The van der Waals surface area contributed by atoms with E-state index >= 15 is 0 Å². The third-order valence-electron chi connectivity index (χ3n) is 4.53. The van der Waals surface area contributed by atoms with Crippen LogP contribution < -0.4 is 10.0 Å². The topological polar surface area (TPSA) is 82.3 Å². The van der Waals surface area contributed by atoms with Crippen LogP contribution in [0, 0.1) is 5.92 Å². The first kappa shape index (κ1) is 17.7. The summed E-state index contributed by atoms with van der Waals surface area (Å²) >= 11 is 6.40. The minimum atomic E-state index is -0.975. The first-order valence-electron chi connectivity index (χ1n) is 8.65. The van der Waals surface area contributed by atoms with Crippen molar-refractivity contribution >= 4 is 23.4 Å². The van der Waals surface area contributed by atoms with Gasteiger partial charge in [-0.05, 0) is 25.3 Å². The number of rotatable bonds is 6. The summed E-state index contributed by atoms with van der Waals surface area (Å²) in [5.74, 6) is 0.684. The molecule has 3 rings (SSSR count). The fourth-order valence-electron chi connectivity index (χ4n) is 3.01. The number of carboxylic acids is 1. The molecule has 2 aromatic rings. The van der Waals surface area contributed by atoms with Crippen molar-refractivity contribution in [1.82, 2.24) is 9.97 Å². The molecule has 6 nitrogen and oxygen atoms in total. The predicted octanol–water partition coefficient (Wildman–Crippen LogP) is 2.70. The van der Waals surface area contributed by atoms with Crippen molar-refractivity contribution in [3.8, 4) is 11.5 Å². The molecule has 0 N–H and O–H groups in total. The highest BCUT2D eigenvalue weighted by Gasteiger charge is 2.23. The van der Waals surface area contributed by atoms with Gasteiger partial charge in [0.05, 0.1) is 16.8 Å². The van der Waals surface area contributed by atoms with E-state index in [0.717, 1.165) is 30.6 Å². The quantitative estimate of drug-likeness (QED) is 0.785. The molecular formula is C18H21ClN3O3-. The lowest BCUT2D eigenvalue weighted by atomic mass is 9.97. The monoisotopic (exact) mass is 362 g/mol. The lowest BCUT2D eigenvalue weighted by Crippen LogP contribution is -2.41. The number of aryl methyl sites for hydroxylation is 1. The number of hydrogen-bond acceptors (Lipinski definition) is 6. The summed E-state index contributed by atoms with van der Waals surface area (Å²) < 4.78 is 5.76. The van der Waals surface area contributed by atoms with Crippen molar-refractivity contribution in [2.45, 2.75) is 39.0 Å². The van der Waals surface area contributed by atoms with E-state index in [2.05, 4.69) is 16.9 Å². The van der Waals surface area contributed by atoms with Gasteiger partial charge < -0.3 is 19.2 Å². The minimum absolute atomic E-state index is 0.386. The zero-order chi connectivity index (χ0) is 17.8. The predicted molar refractivity (Wildman–Crippen MR) is 93.3 cm³/mol. The van der Waals surface area contributed by atoms with E-state index in [1.165, 1.54) is 0 Å². The largest absolute Gasteiger partial charge is 0.550 e. The van der Waals surface area contributed by atoms with E-state index in [1.807, 2.05) is 4.90 Å². The van der Waals surface area contributed by atoms with Crippen molar-refractivity contribution in [2.75, 3.05) is 18.0 Å². The molecule has 7 heteroatoms. The molecular weight excluding hydrogens is 342 g/mol. The number of carboxylic acid groups (broad SMARTS) is 1. The first-order valence-corrected chi connectivity index (χ1v) is 9.02. The van der Waals surface area contributed by atoms with Crippen LogP contribution in [0.5, 0.6) is 0 Å². The Bertz CT molecular complexity index is 739. The molecule has 0 amide bonds. The molecule has 0 bridgehead atoms. The van der Waals surface area contributed by atoms with Gasteiger partial charge in [0.15, 0.2) is 0 Å². The lowest BCUT2D eigenvalue weighted by molar-refractivity contribution is -0.312. The zero-order valence-corrected chi connectivity index (χ0v) is 15.0. The van der Waals surface area contributed by atoms with Gasteiger partial charge in [0.1, 0.15) is 11.6 Å². The Hall–Kier alpha value is -2.08. The number of aliphatic carboxylic acids is 1. The van der Waals surface area contributed by atoms with Crippen LogP contribution in [-0.2, 0) is 11.2 Å². The van der Waals surface area contributed by atoms with E-state index in [4.69, 9.17) is 16.0 Å². The molecule has 134 valence electrons. The van der Waals surface area contributed by atoms with Gasteiger partial charge in [-0.2, -0.15) is 0 Å². The van der Waals surface area contributed by atoms with E-state index in [0.29, 0.717) is 42.7 Å². The molecule has 3 heterocycles. The second-order valence-corrected chi connectivity index (χ2v) is 6.75. The Morgan fingerprint density at radius 3 is 2.76 bits per heavy atom. The summed E-state index contributed by atoms with van der Waals surface area (Å²) in [5.41, 5.74) is 0.737. The average Bonchev–Trinajstić information content (AvgIpc) is 3.09. The summed E-state index contributed by atoms with van der Waals surface area (Å²) in [5, 5.41) is 11.5. The third-order valence-corrected chi connectivity index (χ3v) is 4.80. The highest BCUT2D eigenvalue weighted by atomic mass is 35.5. The van der Waals surface area contributed by atoms with Crippen LogP contribution in [-0.4, -0.2) is 29.0 Å². The van der Waals surface area contributed by atoms with Crippen molar-refractivity contribution < 1.29 is 14.3 Å². The van der Waals surface area contributed by atoms with Gasteiger partial charge in [0.25, 0.3) is 0 Å². The number of piperidine rings is 1. The Morgan fingerprint density at radius 1 is 1.36 bits per heavy atom. The Kier molecular flexibility index (Phi) is 5.58. The summed E-state index contributed by atoms with van der Waals surface area (Å²) in [6, 6.07) is 1.80. The van der Waals surface area contributed by atoms with Crippen LogP contribution in [0.3, 0.4) is 0 Å². The molecule has 0 aliphatic carbocycles. The standard InChI is InChI=1S/C18H22ClN3O3/c1-2-3-4-14-11-21-17(25-14)13-9-15(19)16(20-10-13)22-7-5-12(6-8-22)18(23)24/h9-12H,2-8H2,1H3,(H,23,24)/p-1. The van der Waals surface area contributed by atoms with Crippen LogP contribution in [0.15, 0.2) is 22.9 Å². The van der Waals surface area contributed by atoms with Crippen molar-refractivity contribution in [3.63, 3.8) is 0 Å². The molecule has 0 atom stereocenters. The summed E-state index contributed by atoms with van der Waals surface area (Å²) in [7, 11) is 0. The third kappa shape index (κ3) is 4.12. The number of unbranched alkanes of at least 4 members (excludes halogenated alkanes) is 1. The summed E-state index contributed by atoms with van der Waals surface area (Å²) in [4.78, 5) is 21.7. The molecule has 1 aliphatic rings. The molecule has 1 aliphatic heterocycles. The maximum absolute atomic E-state index is 10.9. The van der Waals surface area contributed by atoms with Crippen LogP contribution in [0.1, 0.15) is 38.4 Å². The van der Waals surface area contributed by atoms with Gasteiger partial charge in [-0.1, -0.05) is 24.9 Å². The van der Waals surface area contributed by atoms with Gasteiger partial charge in [-0.3, -0.25) is 0 Å². The molecule has 0 saturated carbocycles. The second kappa shape index (κ2) is 7.87. The lowest BCUT2D eigenvalue weighted by Gasteiger charge is -2.33. The fraction of sp³-hybridized carbons (Fsp3) is 0.500. The van der Waals surface area contributed by atoms with E-state index < -0.39 is 5.97 Å². The van der Waals surface area contributed by atoms with Crippen molar-refractivity contribution in [2.24, 2.45) is 5.92 Å². The maximum Gasteiger partial charge on any atom is 0.227 e. The van der Waals surface area contributed by atoms with Gasteiger partial charge in [0.2, 0.25) is 5.89 Å². The fourth-order valence-corrected chi connectivity index (χ4v) is 3.30. The minimum Gasteiger partial charge on any atom is -0.550 e. The molecule has 25 heavy (non-hydrogen) atoms. The molecule has 1 fully saturated rings. The van der Waals surface area contributed by atoms with Gasteiger partial charge in [-0.25, -0.2) is 9.97 Å². The highest BCUT2D eigenvalue weighted by molar-refractivity contribution is 6.33. The zero-order valence-electron chi connectivity index (χ0n) is 14.2. The van der Waals surface area contributed by atoms with Crippen LogP contribution in [0.25, 0.3) is 11.5 Å². The second-order valence-electron chi connectivity index (χ2n) is 6.35. The molecule has 0 unspecified atom stereocenters. The Morgan fingerprint density at radius 2 is 2.12 bits per heavy atom.